The predicted octanol–water partition coefficient (Wildman–Crippen LogP) is 3.06. The van der Waals surface area contributed by atoms with E-state index in [0.717, 1.165) is 9.79 Å². The van der Waals surface area contributed by atoms with E-state index in [4.69, 9.17) is 24.7 Å². The van der Waals surface area contributed by atoms with E-state index >= 15 is 0 Å². The van der Waals surface area contributed by atoms with E-state index in [1.165, 1.54) is 61.5 Å². The van der Waals surface area contributed by atoms with Gasteiger partial charge in [0, 0.05) is 30.6 Å². The lowest BCUT2D eigenvalue weighted by Crippen LogP contribution is -2.64. The number of hydrogen-bond acceptors (Lipinski definition) is 14. The lowest BCUT2D eigenvalue weighted by Gasteiger charge is -2.46. The minimum Gasteiger partial charge on any atom is -0.463 e. The third kappa shape index (κ3) is 6.30. The molecular formula is C32H32N6O8S2. The molecule has 14 nitrogen and oxygen atoms in total. The first kappa shape index (κ1) is 33.2. The number of amides is 1. The molecule has 0 radical (unpaired) electrons. The number of nitrogen functional groups attached to an aromatic ring is 1. The van der Waals surface area contributed by atoms with E-state index in [2.05, 4.69) is 20.3 Å². The zero-order valence-electron chi connectivity index (χ0n) is 26.1. The number of carbonyl (C=O) groups is 4. The van der Waals surface area contributed by atoms with E-state index in [0.29, 0.717) is 0 Å². The number of fused-ring (bicyclic) bond motifs is 1. The van der Waals surface area contributed by atoms with Crippen LogP contribution in [0.3, 0.4) is 0 Å². The van der Waals surface area contributed by atoms with Crippen LogP contribution in [0.5, 0.6) is 0 Å². The average Bonchev–Trinajstić information content (AvgIpc) is 3.70. The second kappa shape index (κ2) is 13.4. The number of ether oxygens (including phenoxy) is 4. The molecule has 2 aromatic heterocycles. The van der Waals surface area contributed by atoms with E-state index in [9.17, 15) is 19.2 Å². The van der Waals surface area contributed by atoms with Crippen molar-refractivity contribution in [3.63, 3.8) is 0 Å². The minimum atomic E-state index is -1.91. The topological polar surface area (TPSA) is 187 Å². The smallest absolute Gasteiger partial charge is 0.303 e. The van der Waals surface area contributed by atoms with E-state index in [1.54, 1.807) is 0 Å². The fourth-order valence-electron chi connectivity index (χ4n) is 6.12. The number of benzene rings is 2. The second-order valence-corrected chi connectivity index (χ2v) is 14.2. The third-order valence-corrected chi connectivity index (χ3v) is 10.8. The van der Waals surface area contributed by atoms with Crippen molar-refractivity contribution in [1.29, 1.82) is 0 Å². The quantitative estimate of drug-likeness (QED) is 0.140. The van der Waals surface area contributed by atoms with Gasteiger partial charge in [-0.15, -0.1) is 23.5 Å². The van der Waals surface area contributed by atoms with Gasteiger partial charge in [0.1, 0.15) is 34.7 Å². The molecule has 2 fully saturated rings. The highest BCUT2D eigenvalue weighted by molar-refractivity contribution is 8.18. The first-order chi connectivity index (χ1) is 23.0. The number of hydrogen-bond donors (Lipinski definition) is 2. The van der Waals surface area contributed by atoms with E-state index in [-0.39, 0.29) is 35.9 Å². The molecule has 1 amide bonds. The normalized spacial score (nSPS) is 24.6. The van der Waals surface area contributed by atoms with Crippen molar-refractivity contribution < 1.29 is 38.1 Å². The van der Waals surface area contributed by atoms with Gasteiger partial charge in [0.25, 0.3) is 0 Å². The molecule has 2 aliphatic rings. The van der Waals surface area contributed by atoms with Gasteiger partial charge in [0.15, 0.2) is 23.7 Å². The molecule has 6 rings (SSSR count). The molecule has 4 heterocycles. The summed E-state index contributed by atoms with van der Waals surface area (Å²) < 4.78 is 24.6. The van der Waals surface area contributed by atoms with Gasteiger partial charge in [-0.05, 0) is 24.3 Å². The zero-order chi connectivity index (χ0) is 34.1. The highest BCUT2D eigenvalue weighted by Gasteiger charge is 2.71. The van der Waals surface area contributed by atoms with Crippen molar-refractivity contribution >= 4 is 64.3 Å². The number of nitrogens with one attached hydrogen (secondary N) is 1. The molecule has 3 N–H and O–H groups in total. The Labute approximate surface area is 283 Å². The highest BCUT2D eigenvalue weighted by atomic mass is 32.2. The molecule has 2 aliphatic heterocycles. The monoisotopic (exact) mass is 692 g/mol. The molecule has 0 bridgehead atoms. The van der Waals surface area contributed by atoms with Crippen molar-refractivity contribution in [1.82, 2.24) is 24.8 Å². The number of esters is 3. The number of rotatable bonds is 10. The summed E-state index contributed by atoms with van der Waals surface area (Å²) in [6.45, 7) is 3.26. The lowest BCUT2D eigenvalue weighted by molar-refractivity contribution is -0.190. The summed E-state index contributed by atoms with van der Waals surface area (Å²) in [5.74, 6) is -2.29. The molecule has 4 aromatic rings. The number of imidazole rings is 1. The lowest BCUT2D eigenvalue weighted by atomic mass is 9.92. The highest BCUT2D eigenvalue weighted by Crippen LogP contribution is 2.59. The number of aromatic nitrogens is 4. The minimum absolute atomic E-state index is 0.00864. The number of nitrogens with two attached hydrogens (primary N) is 1. The maximum Gasteiger partial charge on any atom is 0.303 e. The van der Waals surface area contributed by atoms with Crippen LogP contribution in [0.1, 0.15) is 27.2 Å². The standard InChI is InChI=1S/C32H32N6O8S2/c1-18(39)43-15-23-26(44-19(2)40)27(45-20(3)41)32(46-23,38-17-36-25-28(33)34-16-35-29(25)38)30-31(14-24(42)37-30,47-21-10-6-4-7-11-21)48-22-12-8-5-9-13-22/h4-13,16-17,23,26-27,30H,14-15H2,1-3H3,(H,37,42)(H2,33,34,35)/t23-,26-,27-,30?,32+/m1/s1. The molecule has 0 aliphatic carbocycles. The van der Waals surface area contributed by atoms with Gasteiger partial charge >= 0.3 is 17.9 Å². The first-order valence-corrected chi connectivity index (χ1v) is 16.5. The third-order valence-electron chi connectivity index (χ3n) is 7.83. The van der Waals surface area contributed by atoms with Gasteiger partial charge in [0.2, 0.25) is 11.6 Å². The summed E-state index contributed by atoms with van der Waals surface area (Å²) in [6, 6.07) is 18.0. The molecule has 5 atom stereocenters. The van der Waals surface area contributed by atoms with Gasteiger partial charge in [-0.1, -0.05) is 36.4 Å². The van der Waals surface area contributed by atoms with Gasteiger partial charge in [-0.2, -0.15) is 0 Å². The molecule has 0 spiro atoms. The van der Waals surface area contributed by atoms with Crippen LogP contribution in [0.4, 0.5) is 5.82 Å². The van der Waals surface area contributed by atoms with Crippen molar-refractivity contribution in [3.05, 3.63) is 73.3 Å². The molecule has 2 saturated heterocycles. The Kier molecular flexibility index (Phi) is 9.31. The largest absolute Gasteiger partial charge is 0.463 e. The summed E-state index contributed by atoms with van der Waals surface area (Å²) in [5, 5.41) is 3.13. The Morgan fingerprint density at radius 1 is 0.938 bits per heavy atom. The van der Waals surface area contributed by atoms with Crippen LogP contribution in [0, 0.1) is 0 Å². The Bertz CT molecular complexity index is 1800. The van der Waals surface area contributed by atoms with Crippen LogP contribution in [0.25, 0.3) is 11.2 Å². The Morgan fingerprint density at radius 2 is 1.56 bits per heavy atom. The number of anilines is 1. The maximum atomic E-state index is 13.8. The van der Waals surface area contributed by atoms with Crippen LogP contribution in [-0.2, 0) is 43.9 Å². The Morgan fingerprint density at radius 3 is 2.15 bits per heavy atom. The van der Waals surface area contributed by atoms with Crippen molar-refractivity contribution in [2.45, 2.75) is 71.1 Å². The van der Waals surface area contributed by atoms with Gasteiger partial charge in [-0.3, -0.25) is 23.7 Å². The van der Waals surface area contributed by atoms with Crippen LogP contribution in [-0.4, -0.2) is 78.4 Å². The Balaban J connectivity index is 1.65. The Hall–Kier alpha value is -4.67. The van der Waals surface area contributed by atoms with E-state index in [1.807, 2.05) is 60.7 Å². The SMILES string of the molecule is CC(=O)OC[C@H]1O[C@@](C2NC(=O)CC2(Sc2ccccc2)Sc2ccccc2)(n2cnc3c(N)ncnc32)[C@H](OC(C)=O)[C@@H]1OC(C)=O. The summed E-state index contributed by atoms with van der Waals surface area (Å²) >= 11 is 2.85. The molecular weight excluding hydrogens is 661 g/mol. The predicted molar refractivity (Wildman–Crippen MR) is 174 cm³/mol. The van der Waals surface area contributed by atoms with Crippen molar-refractivity contribution in [3.8, 4) is 0 Å². The van der Waals surface area contributed by atoms with Crippen molar-refractivity contribution in [2.24, 2.45) is 0 Å². The van der Waals surface area contributed by atoms with Gasteiger partial charge in [0.05, 0.1) is 12.7 Å². The van der Waals surface area contributed by atoms with Crippen LogP contribution in [0.15, 0.2) is 83.1 Å². The molecule has 250 valence electrons. The van der Waals surface area contributed by atoms with E-state index < -0.39 is 52.1 Å². The molecule has 48 heavy (non-hydrogen) atoms. The number of carbonyl (C=O) groups excluding carboxylic acids is 4. The fourth-order valence-corrected chi connectivity index (χ4v) is 9.35. The summed E-state index contributed by atoms with van der Waals surface area (Å²) in [6.07, 6.45) is -1.26. The maximum absolute atomic E-state index is 13.8. The summed E-state index contributed by atoms with van der Waals surface area (Å²) in [5.41, 5.74) is 4.70. The fraction of sp³-hybridized carbons (Fsp3) is 0.344. The van der Waals surface area contributed by atoms with Crippen LogP contribution in [0.2, 0.25) is 0 Å². The number of nitrogens with zero attached hydrogens (tertiary/aromatic N) is 4. The molecule has 16 heteroatoms. The molecule has 2 aromatic carbocycles. The average molecular weight is 693 g/mol. The second-order valence-electron chi connectivity index (χ2n) is 11.2. The van der Waals surface area contributed by atoms with Gasteiger partial charge < -0.3 is 30.0 Å². The first-order valence-electron chi connectivity index (χ1n) is 14.9. The zero-order valence-corrected chi connectivity index (χ0v) is 27.7. The van der Waals surface area contributed by atoms with Crippen molar-refractivity contribution in [2.75, 3.05) is 12.3 Å². The summed E-state index contributed by atoms with van der Waals surface area (Å²) in [4.78, 5) is 66.0. The van der Waals surface area contributed by atoms with Gasteiger partial charge in [-0.25, -0.2) is 15.0 Å². The number of thioether (sulfide) groups is 2. The summed E-state index contributed by atoms with van der Waals surface area (Å²) in [7, 11) is 0. The molecule has 1 unspecified atom stereocenters. The molecule has 0 saturated carbocycles. The van der Waals surface area contributed by atoms with Crippen LogP contribution >= 0.6 is 23.5 Å². The van der Waals surface area contributed by atoms with Crippen LogP contribution < -0.4 is 11.1 Å².